The van der Waals surface area contributed by atoms with Crippen molar-refractivity contribution in [3.05, 3.63) is 132 Å². The first kappa shape index (κ1) is 27.2. The van der Waals surface area contributed by atoms with Crippen LogP contribution in [0.4, 0.5) is 0 Å². The average molecular weight is 534 g/mol. The van der Waals surface area contributed by atoms with E-state index < -0.39 is 0 Å². The minimum Gasteiger partial charge on any atom is -0.340 e. The molecule has 0 radical (unpaired) electrons. The van der Waals surface area contributed by atoms with Gasteiger partial charge < -0.3 is 9.80 Å². The fraction of sp³-hybridized carbons (Fsp3) is 0.273. The molecule has 0 spiro atoms. The number of nitrogens with zero attached hydrogens (tertiary/aromatic N) is 5. The van der Waals surface area contributed by atoms with Crippen molar-refractivity contribution in [1.82, 2.24) is 24.7 Å². The van der Waals surface area contributed by atoms with Gasteiger partial charge >= 0.3 is 0 Å². The summed E-state index contributed by atoms with van der Waals surface area (Å²) in [5, 5.41) is 0. The second-order valence-electron chi connectivity index (χ2n) is 10.0. The summed E-state index contributed by atoms with van der Waals surface area (Å²) in [6.45, 7) is 3.76. The van der Waals surface area contributed by atoms with Crippen molar-refractivity contribution in [1.29, 1.82) is 0 Å². The predicted molar refractivity (Wildman–Crippen MR) is 156 cm³/mol. The van der Waals surface area contributed by atoms with Crippen LogP contribution in [0.5, 0.6) is 0 Å². The summed E-state index contributed by atoms with van der Waals surface area (Å²) in [6.07, 6.45) is 5.54. The van der Waals surface area contributed by atoms with Gasteiger partial charge in [0.25, 0.3) is 5.91 Å². The molecule has 204 valence electrons. The third-order valence-corrected chi connectivity index (χ3v) is 7.44. The van der Waals surface area contributed by atoms with Crippen molar-refractivity contribution in [2.75, 3.05) is 39.3 Å². The third-order valence-electron chi connectivity index (χ3n) is 7.44. The molecular formula is C33H35N5O2. The Hall–Kier alpha value is -4.36. The number of aromatic nitrogens is 2. The number of hydrogen-bond acceptors (Lipinski definition) is 5. The molecule has 40 heavy (non-hydrogen) atoms. The highest BCUT2D eigenvalue weighted by molar-refractivity contribution is 5.92. The Morgan fingerprint density at radius 1 is 0.750 bits per heavy atom. The molecule has 2 amide bonds. The van der Waals surface area contributed by atoms with Gasteiger partial charge in [0, 0.05) is 58.1 Å². The van der Waals surface area contributed by atoms with E-state index in [2.05, 4.69) is 63.4 Å². The lowest BCUT2D eigenvalue weighted by Gasteiger charge is -2.40. The number of carbonyl (C=O) groups is 2. The van der Waals surface area contributed by atoms with Crippen LogP contribution < -0.4 is 0 Å². The fourth-order valence-electron chi connectivity index (χ4n) is 5.30. The molecule has 0 atom stereocenters. The smallest absolute Gasteiger partial charge is 0.274 e. The zero-order chi connectivity index (χ0) is 27.6. The maximum atomic E-state index is 13.3. The fourth-order valence-corrected chi connectivity index (χ4v) is 5.30. The topological polar surface area (TPSA) is 69.6 Å². The van der Waals surface area contributed by atoms with Crippen molar-refractivity contribution in [2.45, 2.75) is 18.9 Å². The van der Waals surface area contributed by atoms with Gasteiger partial charge in [-0.25, -0.2) is 4.98 Å². The molecule has 1 saturated heterocycles. The largest absolute Gasteiger partial charge is 0.340 e. The average Bonchev–Trinajstić information content (AvgIpc) is 3.03. The first-order chi connectivity index (χ1) is 19.7. The monoisotopic (exact) mass is 533 g/mol. The number of amides is 2. The lowest BCUT2D eigenvalue weighted by molar-refractivity contribution is -0.133. The Bertz CT molecular complexity index is 1310. The molecule has 3 aromatic carbocycles. The molecular weight excluding hydrogens is 498 g/mol. The zero-order valence-electron chi connectivity index (χ0n) is 22.7. The van der Waals surface area contributed by atoms with Crippen LogP contribution >= 0.6 is 0 Å². The standard InChI is InChI=1S/C33H35N5O2/c39-31(17-21-38(20-16-27-10-4-1-5-11-27)33(40)30-26-34-18-19-35-30)36-22-24-37(25-23-36)32(28-12-6-2-7-13-28)29-14-8-3-9-15-29/h1-15,18-19,26,32H,16-17,20-25H2. The quantitative estimate of drug-likeness (QED) is 0.301. The molecule has 1 aliphatic heterocycles. The van der Waals surface area contributed by atoms with E-state index in [1.807, 2.05) is 47.4 Å². The molecule has 0 bridgehead atoms. The normalized spacial score (nSPS) is 13.8. The molecule has 7 nitrogen and oxygen atoms in total. The highest BCUT2D eigenvalue weighted by atomic mass is 16.2. The Morgan fingerprint density at radius 3 is 1.93 bits per heavy atom. The summed E-state index contributed by atoms with van der Waals surface area (Å²) in [5.41, 5.74) is 3.95. The summed E-state index contributed by atoms with van der Waals surface area (Å²) in [4.78, 5) is 40.9. The Balaban J connectivity index is 1.20. The minimum absolute atomic E-state index is 0.0762. The second kappa shape index (κ2) is 13.6. The Morgan fingerprint density at radius 2 is 1.35 bits per heavy atom. The molecule has 1 fully saturated rings. The van der Waals surface area contributed by atoms with Gasteiger partial charge in [0.1, 0.15) is 5.69 Å². The first-order valence-corrected chi connectivity index (χ1v) is 13.9. The highest BCUT2D eigenvalue weighted by Gasteiger charge is 2.28. The van der Waals surface area contributed by atoms with Crippen LogP contribution in [0.25, 0.3) is 0 Å². The zero-order valence-corrected chi connectivity index (χ0v) is 22.7. The number of hydrogen-bond donors (Lipinski definition) is 0. The van der Waals surface area contributed by atoms with Gasteiger partial charge in [-0.15, -0.1) is 0 Å². The van der Waals surface area contributed by atoms with Crippen LogP contribution in [0.3, 0.4) is 0 Å². The summed E-state index contributed by atoms with van der Waals surface area (Å²) in [5.74, 6) is -0.123. The lowest BCUT2D eigenvalue weighted by Crippen LogP contribution is -2.50. The van der Waals surface area contributed by atoms with Crippen molar-refractivity contribution in [2.24, 2.45) is 0 Å². The van der Waals surface area contributed by atoms with E-state index in [1.165, 1.54) is 23.5 Å². The van der Waals surface area contributed by atoms with Crippen LogP contribution in [0.1, 0.15) is 39.6 Å². The highest BCUT2D eigenvalue weighted by Crippen LogP contribution is 2.29. The lowest BCUT2D eigenvalue weighted by atomic mass is 9.96. The predicted octanol–water partition coefficient (Wildman–Crippen LogP) is 4.49. The summed E-state index contributed by atoms with van der Waals surface area (Å²) in [7, 11) is 0. The maximum Gasteiger partial charge on any atom is 0.274 e. The molecule has 0 N–H and O–H groups in total. The number of rotatable bonds is 10. The molecule has 1 aliphatic rings. The third kappa shape index (κ3) is 6.98. The first-order valence-electron chi connectivity index (χ1n) is 13.9. The molecule has 0 aliphatic carbocycles. The van der Waals surface area contributed by atoms with Gasteiger partial charge in [-0.05, 0) is 23.1 Å². The van der Waals surface area contributed by atoms with E-state index >= 15 is 0 Å². The molecule has 0 unspecified atom stereocenters. The van der Waals surface area contributed by atoms with Crippen LogP contribution in [-0.4, -0.2) is 75.8 Å². The van der Waals surface area contributed by atoms with Crippen LogP contribution in [0.15, 0.2) is 110 Å². The summed E-state index contributed by atoms with van der Waals surface area (Å²) in [6, 6.07) is 31.3. The van der Waals surface area contributed by atoms with Crippen molar-refractivity contribution < 1.29 is 9.59 Å². The van der Waals surface area contributed by atoms with Crippen LogP contribution in [0.2, 0.25) is 0 Å². The van der Waals surface area contributed by atoms with E-state index in [0.29, 0.717) is 38.3 Å². The number of carbonyl (C=O) groups excluding carboxylic acids is 2. The van der Waals surface area contributed by atoms with Gasteiger partial charge in [-0.3, -0.25) is 19.5 Å². The summed E-state index contributed by atoms with van der Waals surface area (Å²) < 4.78 is 0. The van der Waals surface area contributed by atoms with Crippen LogP contribution in [-0.2, 0) is 11.2 Å². The van der Waals surface area contributed by atoms with E-state index in [-0.39, 0.29) is 24.3 Å². The molecule has 4 aromatic rings. The molecule has 0 saturated carbocycles. The maximum absolute atomic E-state index is 13.3. The molecule has 2 heterocycles. The Labute approximate surface area is 236 Å². The molecule has 7 heteroatoms. The van der Waals surface area contributed by atoms with E-state index in [0.717, 1.165) is 18.7 Å². The van der Waals surface area contributed by atoms with Crippen molar-refractivity contribution in [3.8, 4) is 0 Å². The van der Waals surface area contributed by atoms with Gasteiger partial charge in [0.15, 0.2) is 0 Å². The molecule has 5 rings (SSSR count). The number of piperazine rings is 1. The second-order valence-corrected chi connectivity index (χ2v) is 10.0. The Kier molecular flexibility index (Phi) is 9.27. The van der Waals surface area contributed by atoms with Gasteiger partial charge in [0.2, 0.25) is 5.91 Å². The minimum atomic E-state index is -0.199. The van der Waals surface area contributed by atoms with Gasteiger partial charge in [-0.1, -0.05) is 91.0 Å². The van der Waals surface area contributed by atoms with Gasteiger partial charge in [-0.2, -0.15) is 0 Å². The van der Waals surface area contributed by atoms with Crippen LogP contribution in [0, 0.1) is 0 Å². The van der Waals surface area contributed by atoms with Gasteiger partial charge in [0.05, 0.1) is 12.2 Å². The van der Waals surface area contributed by atoms with E-state index in [1.54, 1.807) is 11.1 Å². The van der Waals surface area contributed by atoms with Crippen molar-refractivity contribution in [3.63, 3.8) is 0 Å². The van der Waals surface area contributed by atoms with Crippen molar-refractivity contribution >= 4 is 11.8 Å². The SMILES string of the molecule is O=C(CCN(CCc1ccccc1)C(=O)c1cnccn1)N1CCN(C(c2ccccc2)c2ccccc2)CC1. The molecule has 1 aromatic heterocycles. The van der Waals surface area contributed by atoms with E-state index in [9.17, 15) is 9.59 Å². The van der Waals surface area contributed by atoms with E-state index in [4.69, 9.17) is 0 Å². The summed E-state index contributed by atoms with van der Waals surface area (Å²) >= 11 is 0. The number of benzene rings is 3.